The average molecular weight is 218 g/mol. The van der Waals surface area contributed by atoms with E-state index in [2.05, 4.69) is 18.3 Å². The van der Waals surface area contributed by atoms with Crippen molar-refractivity contribution in [2.45, 2.75) is 12.3 Å². The van der Waals surface area contributed by atoms with Gasteiger partial charge < -0.3 is 5.32 Å². The molecular formula is C12H14N2S. The molecule has 1 aliphatic rings. The first kappa shape index (κ1) is 10.5. The number of rotatable bonds is 1. The molecule has 0 aromatic heterocycles. The van der Waals surface area contributed by atoms with Gasteiger partial charge in [-0.1, -0.05) is 25.1 Å². The molecule has 2 atom stereocenters. The smallest absolute Gasteiger partial charge is 0.0995 e. The summed E-state index contributed by atoms with van der Waals surface area (Å²) in [6.07, 6.45) is 0. The lowest BCUT2D eigenvalue weighted by Crippen LogP contribution is -2.31. The fourth-order valence-electron chi connectivity index (χ4n) is 1.71. The number of thioether (sulfide) groups is 1. The number of hydrogen-bond donors (Lipinski definition) is 1. The van der Waals surface area contributed by atoms with Gasteiger partial charge in [0, 0.05) is 0 Å². The van der Waals surface area contributed by atoms with E-state index in [1.54, 1.807) is 0 Å². The summed E-state index contributed by atoms with van der Waals surface area (Å²) in [5, 5.41) is 12.8. The molecule has 0 saturated carbocycles. The number of hydrogen-bond acceptors (Lipinski definition) is 3. The highest BCUT2D eigenvalue weighted by atomic mass is 32.2. The minimum atomic E-state index is 0.289. The maximum absolute atomic E-state index is 9.01. The molecule has 78 valence electrons. The highest BCUT2D eigenvalue weighted by Crippen LogP contribution is 2.32. The minimum absolute atomic E-state index is 0.289. The average Bonchev–Trinajstić information content (AvgIpc) is 2.30. The molecule has 2 unspecified atom stereocenters. The second-order valence-electron chi connectivity index (χ2n) is 3.93. The Morgan fingerprint density at radius 3 is 2.93 bits per heavy atom. The van der Waals surface area contributed by atoms with Crippen molar-refractivity contribution in [3.63, 3.8) is 0 Å². The predicted octanol–water partition coefficient (Wildman–Crippen LogP) is 2.53. The van der Waals surface area contributed by atoms with Crippen LogP contribution in [0.3, 0.4) is 0 Å². The molecule has 2 rings (SSSR count). The van der Waals surface area contributed by atoms with Crippen LogP contribution in [-0.2, 0) is 0 Å². The van der Waals surface area contributed by atoms with E-state index in [0.29, 0.717) is 0 Å². The topological polar surface area (TPSA) is 35.8 Å². The molecule has 1 aromatic rings. The Bertz CT molecular complexity index is 375. The summed E-state index contributed by atoms with van der Waals surface area (Å²) in [5.74, 6) is 1.89. The Labute approximate surface area is 94.7 Å². The molecule has 1 saturated heterocycles. The molecule has 1 aliphatic heterocycles. The van der Waals surface area contributed by atoms with Gasteiger partial charge in [0.25, 0.3) is 0 Å². The molecule has 15 heavy (non-hydrogen) atoms. The molecule has 0 bridgehead atoms. The van der Waals surface area contributed by atoms with E-state index < -0.39 is 0 Å². The summed E-state index contributed by atoms with van der Waals surface area (Å²) in [4.78, 5) is 0. The fourth-order valence-corrected chi connectivity index (χ4v) is 2.95. The first-order valence-corrected chi connectivity index (χ1v) is 6.20. The zero-order valence-corrected chi connectivity index (χ0v) is 9.55. The van der Waals surface area contributed by atoms with Crippen LogP contribution in [0.4, 0.5) is 0 Å². The summed E-state index contributed by atoms with van der Waals surface area (Å²) >= 11 is 1.89. The SMILES string of the molecule is CC1CNC(c2ccccc2C#N)SC1. The van der Waals surface area contributed by atoms with Crippen LogP contribution >= 0.6 is 11.8 Å². The van der Waals surface area contributed by atoms with Crippen molar-refractivity contribution in [1.82, 2.24) is 5.32 Å². The van der Waals surface area contributed by atoms with Crippen molar-refractivity contribution in [2.24, 2.45) is 5.92 Å². The van der Waals surface area contributed by atoms with Crippen LogP contribution in [0.25, 0.3) is 0 Å². The van der Waals surface area contributed by atoms with Crippen molar-refractivity contribution in [3.8, 4) is 6.07 Å². The van der Waals surface area contributed by atoms with Gasteiger partial charge in [0.2, 0.25) is 0 Å². The molecule has 0 radical (unpaired) electrons. The Morgan fingerprint density at radius 1 is 1.47 bits per heavy atom. The van der Waals surface area contributed by atoms with Crippen LogP contribution in [0.1, 0.15) is 23.4 Å². The molecule has 1 fully saturated rings. The van der Waals surface area contributed by atoms with Crippen LogP contribution in [0.5, 0.6) is 0 Å². The van der Waals surface area contributed by atoms with E-state index in [1.165, 1.54) is 0 Å². The molecule has 2 nitrogen and oxygen atoms in total. The zero-order chi connectivity index (χ0) is 10.7. The van der Waals surface area contributed by atoms with E-state index in [4.69, 9.17) is 5.26 Å². The van der Waals surface area contributed by atoms with Gasteiger partial charge in [-0.25, -0.2) is 0 Å². The lowest BCUT2D eigenvalue weighted by molar-refractivity contribution is 0.529. The molecule has 3 heteroatoms. The molecule has 0 aliphatic carbocycles. The van der Waals surface area contributed by atoms with Crippen molar-refractivity contribution < 1.29 is 0 Å². The quantitative estimate of drug-likeness (QED) is 0.786. The van der Waals surface area contributed by atoms with Crippen LogP contribution in [0, 0.1) is 17.2 Å². The summed E-state index contributed by atoms with van der Waals surface area (Å²) in [6.45, 7) is 3.28. The highest BCUT2D eigenvalue weighted by Gasteiger charge is 2.21. The van der Waals surface area contributed by atoms with Gasteiger partial charge in [-0.15, -0.1) is 11.8 Å². The summed E-state index contributed by atoms with van der Waals surface area (Å²) in [7, 11) is 0. The summed E-state index contributed by atoms with van der Waals surface area (Å²) in [5.41, 5.74) is 1.91. The van der Waals surface area contributed by atoms with Crippen LogP contribution < -0.4 is 5.32 Å². The summed E-state index contributed by atoms with van der Waals surface area (Å²) in [6, 6.07) is 10.1. The number of nitrogens with one attached hydrogen (secondary N) is 1. The Balaban J connectivity index is 2.19. The fraction of sp³-hybridized carbons (Fsp3) is 0.417. The van der Waals surface area contributed by atoms with Gasteiger partial charge in [-0.2, -0.15) is 5.26 Å². The number of nitrogens with zero attached hydrogens (tertiary/aromatic N) is 1. The van der Waals surface area contributed by atoms with Crippen LogP contribution in [-0.4, -0.2) is 12.3 Å². The third kappa shape index (κ3) is 2.34. The highest BCUT2D eigenvalue weighted by molar-refractivity contribution is 7.99. The van der Waals surface area contributed by atoms with Gasteiger partial charge in [0.15, 0.2) is 0 Å². The maximum atomic E-state index is 9.01. The van der Waals surface area contributed by atoms with Gasteiger partial charge in [-0.05, 0) is 29.8 Å². The Kier molecular flexibility index (Phi) is 3.30. The standard InChI is InChI=1S/C12H14N2S/c1-9-7-14-12(15-8-9)11-5-3-2-4-10(11)6-13/h2-5,9,12,14H,7-8H2,1H3. The molecule has 0 spiro atoms. The van der Waals surface area contributed by atoms with E-state index in [9.17, 15) is 0 Å². The lowest BCUT2D eigenvalue weighted by atomic mass is 10.1. The van der Waals surface area contributed by atoms with Crippen LogP contribution in [0.2, 0.25) is 0 Å². The van der Waals surface area contributed by atoms with E-state index >= 15 is 0 Å². The van der Waals surface area contributed by atoms with Crippen molar-refractivity contribution in [1.29, 1.82) is 5.26 Å². The minimum Gasteiger partial charge on any atom is -0.301 e. The molecule has 1 aromatic carbocycles. The van der Waals surface area contributed by atoms with Gasteiger partial charge in [0.1, 0.15) is 0 Å². The van der Waals surface area contributed by atoms with Gasteiger partial charge in [0.05, 0.1) is 17.0 Å². The maximum Gasteiger partial charge on any atom is 0.0995 e. The second kappa shape index (κ2) is 4.69. The first-order valence-electron chi connectivity index (χ1n) is 5.15. The number of nitriles is 1. The van der Waals surface area contributed by atoms with Crippen molar-refractivity contribution in [3.05, 3.63) is 35.4 Å². The Morgan fingerprint density at radius 2 is 2.27 bits per heavy atom. The monoisotopic (exact) mass is 218 g/mol. The van der Waals surface area contributed by atoms with E-state index in [-0.39, 0.29) is 5.37 Å². The predicted molar refractivity (Wildman–Crippen MR) is 63.5 cm³/mol. The van der Waals surface area contributed by atoms with Crippen molar-refractivity contribution >= 4 is 11.8 Å². The Hall–Kier alpha value is -0.980. The third-order valence-electron chi connectivity index (χ3n) is 2.56. The van der Waals surface area contributed by atoms with Crippen LogP contribution in [0.15, 0.2) is 24.3 Å². The van der Waals surface area contributed by atoms with E-state index in [0.717, 1.165) is 29.3 Å². The largest absolute Gasteiger partial charge is 0.301 e. The zero-order valence-electron chi connectivity index (χ0n) is 8.73. The number of benzene rings is 1. The van der Waals surface area contributed by atoms with Gasteiger partial charge >= 0.3 is 0 Å². The molecule has 1 heterocycles. The lowest BCUT2D eigenvalue weighted by Gasteiger charge is -2.28. The van der Waals surface area contributed by atoms with Crippen molar-refractivity contribution in [2.75, 3.05) is 12.3 Å². The second-order valence-corrected chi connectivity index (χ2v) is 5.06. The summed E-state index contributed by atoms with van der Waals surface area (Å²) < 4.78 is 0. The third-order valence-corrected chi connectivity index (χ3v) is 4.08. The van der Waals surface area contributed by atoms with Gasteiger partial charge in [-0.3, -0.25) is 0 Å². The normalized spacial score (nSPS) is 25.9. The molecular weight excluding hydrogens is 204 g/mol. The molecule has 0 amide bonds. The van der Waals surface area contributed by atoms with E-state index in [1.807, 2.05) is 36.0 Å². The molecule has 1 N–H and O–H groups in total. The first-order chi connectivity index (χ1) is 7.31.